The highest BCUT2D eigenvalue weighted by atomic mass is 32.2. The van der Waals surface area contributed by atoms with Crippen molar-refractivity contribution in [3.05, 3.63) is 70.3 Å². The number of nitrogens with zero attached hydrogens (tertiary/aromatic N) is 2. The summed E-state index contributed by atoms with van der Waals surface area (Å²) in [5.74, 6) is -0.800. The molecule has 3 rings (SSSR count). The summed E-state index contributed by atoms with van der Waals surface area (Å²) in [4.78, 5) is 37.4. The molecule has 2 aromatic carbocycles. The first-order chi connectivity index (χ1) is 17.7. The maximum Gasteiger partial charge on any atom is 0.289 e. The molecule has 1 saturated heterocycles. The van der Waals surface area contributed by atoms with E-state index < -0.39 is 51.9 Å². The lowest BCUT2D eigenvalue weighted by Gasteiger charge is -2.41. The van der Waals surface area contributed by atoms with Crippen molar-refractivity contribution in [3.63, 3.8) is 0 Å². The summed E-state index contributed by atoms with van der Waals surface area (Å²) in [6.07, 6.45) is -0.176. The van der Waals surface area contributed by atoms with E-state index in [1.165, 1.54) is 12.1 Å². The van der Waals surface area contributed by atoms with E-state index in [-0.39, 0.29) is 30.1 Å². The van der Waals surface area contributed by atoms with Crippen molar-refractivity contribution in [2.75, 3.05) is 0 Å². The van der Waals surface area contributed by atoms with Crippen LogP contribution in [0.3, 0.4) is 0 Å². The summed E-state index contributed by atoms with van der Waals surface area (Å²) >= 11 is 0. The number of carbonyl (C=O) groups excluding carboxylic acids is 2. The van der Waals surface area contributed by atoms with Crippen LogP contribution in [0.15, 0.2) is 59.5 Å². The van der Waals surface area contributed by atoms with Gasteiger partial charge in [0.1, 0.15) is 6.10 Å². The van der Waals surface area contributed by atoms with E-state index in [1.807, 2.05) is 33.9 Å². The van der Waals surface area contributed by atoms with Gasteiger partial charge in [-0.15, -0.1) is 0 Å². The van der Waals surface area contributed by atoms with Gasteiger partial charge in [-0.3, -0.25) is 19.7 Å². The highest BCUT2D eigenvalue weighted by molar-refractivity contribution is 7.89. The average molecular weight is 561 g/mol. The molecule has 1 heterocycles. The monoisotopic (exact) mass is 560 g/mol. The Bertz CT molecular complexity index is 1290. The molecule has 1 fully saturated rings. The van der Waals surface area contributed by atoms with Gasteiger partial charge in [0.05, 0.1) is 11.0 Å². The predicted octanol–water partition coefficient (Wildman–Crippen LogP) is 5.78. The van der Waals surface area contributed by atoms with Crippen molar-refractivity contribution in [3.8, 4) is 0 Å². The van der Waals surface area contributed by atoms with Gasteiger partial charge in [0.2, 0.25) is 5.91 Å². The van der Waals surface area contributed by atoms with Crippen LogP contribution in [0, 0.1) is 10.1 Å². The van der Waals surface area contributed by atoms with Crippen molar-refractivity contribution in [2.45, 2.75) is 88.0 Å². The molecule has 1 aliphatic heterocycles. The second kappa shape index (κ2) is 11.5. The highest BCUT2D eigenvalue weighted by Gasteiger charge is 2.45. The quantitative estimate of drug-likeness (QED) is 0.249. The summed E-state index contributed by atoms with van der Waals surface area (Å²) in [6.45, 7) is 10.2. The molecule has 1 amide bonds. The third kappa shape index (κ3) is 6.39. The van der Waals surface area contributed by atoms with Gasteiger partial charge in [-0.1, -0.05) is 63.2 Å². The average Bonchev–Trinajstić information content (AvgIpc) is 2.84. The minimum Gasteiger partial charge on any atom is -0.407 e. The van der Waals surface area contributed by atoms with Gasteiger partial charge in [0.15, 0.2) is 19.0 Å². The Hall–Kier alpha value is -2.89. The van der Waals surface area contributed by atoms with Crippen LogP contribution in [0.4, 0.5) is 5.69 Å². The molecule has 38 heavy (non-hydrogen) atoms. The van der Waals surface area contributed by atoms with Crippen molar-refractivity contribution < 1.29 is 27.4 Å². The molecule has 0 N–H and O–H groups in total. The van der Waals surface area contributed by atoms with E-state index in [4.69, 9.17) is 4.43 Å². The molecule has 0 aliphatic carbocycles. The third-order valence-corrected chi connectivity index (χ3v) is 13.8. The zero-order valence-electron chi connectivity index (χ0n) is 22.5. The molecular formula is C27H36N2O7SSi. The first kappa shape index (κ1) is 29.7. The van der Waals surface area contributed by atoms with Gasteiger partial charge in [-0.2, -0.15) is 0 Å². The number of carbonyl (C=O) groups is 2. The number of nitro benzene ring substituents is 1. The van der Waals surface area contributed by atoms with Gasteiger partial charge < -0.3 is 4.43 Å². The second-order valence-corrected chi connectivity index (χ2v) is 17.7. The molecule has 11 heteroatoms. The lowest BCUT2D eigenvalue weighted by molar-refractivity contribution is -0.387. The lowest BCUT2D eigenvalue weighted by atomic mass is 9.95. The summed E-state index contributed by atoms with van der Waals surface area (Å²) in [5, 5.41) is 11.5. The van der Waals surface area contributed by atoms with Gasteiger partial charge >= 0.3 is 0 Å². The standard InChI is InChI=1S/C27H36N2O7SSi/c1-27(2,3)38(4,5)36-24-19-22(20-13-7-6-8-14-20)28(26(31)18-12-10-16-23(24)30)37(34,35)25-17-11-9-15-21(25)29(32)33/h6-9,11,13-15,17,22,24H,10,12,16,18-19H2,1-5H3/t22-,24-/m1/s1. The van der Waals surface area contributed by atoms with E-state index in [1.54, 1.807) is 30.3 Å². The molecule has 9 nitrogen and oxygen atoms in total. The Morgan fingerprint density at radius 3 is 2.16 bits per heavy atom. The minimum absolute atomic E-state index is 0.0824. The molecule has 206 valence electrons. The molecule has 0 bridgehead atoms. The number of benzene rings is 2. The third-order valence-electron chi connectivity index (χ3n) is 7.42. The van der Waals surface area contributed by atoms with Gasteiger partial charge in [0.25, 0.3) is 15.7 Å². The lowest BCUT2D eigenvalue weighted by Crippen LogP contribution is -2.48. The molecule has 2 aromatic rings. The number of para-hydroxylation sites is 1. The number of amides is 1. The minimum atomic E-state index is -4.68. The Kier molecular flexibility index (Phi) is 8.95. The Labute approximate surface area is 225 Å². The highest BCUT2D eigenvalue weighted by Crippen LogP contribution is 2.41. The largest absolute Gasteiger partial charge is 0.407 e. The molecule has 0 spiro atoms. The smallest absolute Gasteiger partial charge is 0.289 e. The van der Waals surface area contributed by atoms with Crippen LogP contribution in [-0.4, -0.2) is 43.8 Å². The maximum absolute atomic E-state index is 14.1. The van der Waals surface area contributed by atoms with E-state index in [9.17, 15) is 28.1 Å². The summed E-state index contributed by atoms with van der Waals surface area (Å²) in [5.41, 5.74) is -0.116. The molecule has 0 unspecified atom stereocenters. The van der Waals surface area contributed by atoms with E-state index in [0.717, 1.165) is 16.4 Å². The van der Waals surface area contributed by atoms with E-state index in [0.29, 0.717) is 18.4 Å². The summed E-state index contributed by atoms with van der Waals surface area (Å²) in [6, 6.07) is 12.5. The Balaban J connectivity index is 2.22. The van der Waals surface area contributed by atoms with Crippen LogP contribution in [0.5, 0.6) is 0 Å². The SMILES string of the molecule is CC(C)(C)[Si](C)(C)O[C@@H]1C[C@H](c2ccccc2)N(S(=O)(=O)c2ccccc2[N+](=O)[O-])C(=O)CCCCC1=O. The summed E-state index contributed by atoms with van der Waals surface area (Å²) in [7, 11) is -7.15. The molecule has 0 aromatic heterocycles. The van der Waals surface area contributed by atoms with Crippen molar-refractivity contribution in [1.82, 2.24) is 4.31 Å². The first-order valence-electron chi connectivity index (χ1n) is 12.7. The first-order valence-corrected chi connectivity index (χ1v) is 17.1. The van der Waals surface area contributed by atoms with Crippen LogP contribution in [0.1, 0.15) is 64.5 Å². The van der Waals surface area contributed by atoms with Crippen molar-refractivity contribution >= 4 is 35.7 Å². The zero-order valence-corrected chi connectivity index (χ0v) is 24.4. The van der Waals surface area contributed by atoms with Gasteiger partial charge in [-0.05, 0) is 42.6 Å². The Morgan fingerprint density at radius 1 is 0.974 bits per heavy atom. The number of rotatable bonds is 6. The van der Waals surface area contributed by atoms with E-state index >= 15 is 0 Å². The molecule has 2 atom stereocenters. The number of nitro groups is 1. The van der Waals surface area contributed by atoms with Gasteiger partial charge in [-0.25, -0.2) is 12.7 Å². The van der Waals surface area contributed by atoms with Crippen LogP contribution < -0.4 is 0 Å². The number of hydrogen-bond acceptors (Lipinski definition) is 7. The molecule has 0 radical (unpaired) electrons. The second-order valence-electron chi connectivity index (χ2n) is 11.1. The number of hydrogen-bond donors (Lipinski definition) is 0. The maximum atomic E-state index is 14.1. The van der Waals surface area contributed by atoms with Crippen LogP contribution in [0.2, 0.25) is 18.1 Å². The predicted molar refractivity (Wildman–Crippen MR) is 146 cm³/mol. The number of sulfonamides is 1. The van der Waals surface area contributed by atoms with Gasteiger partial charge in [0, 0.05) is 25.3 Å². The Morgan fingerprint density at radius 2 is 1.55 bits per heavy atom. The fourth-order valence-electron chi connectivity index (χ4n) is 4.28. The van der Waals surface area contributed by atoms with Crippen molar-refractivity contribution in [1.29, 1.82) is 0 Å². The zero-order chi connectivity index (χ0) is 28.3. The molecular weight excluding hydrogens is 524 g/mol. The normalized spacial score (nSPS) is 20.3. The van der Waals surface area contributed by atoms with Crippen LogP contribution in [0.25, 0.3) is 0 Å². The number of ketones is 1. The molecule has 0 saturated carbocycles. The molecule has 1 aliphatic rings. The topological polar surface area (TPSA) is 124 Å². The van der Waals surface area contributed by atoms with Crippen LogP contribution in [-0.2, 0) is 24.0 Å². The summed E-state index contributed by atoms with van der Waals surface area (Å²) < 4.78 is 35.5. The van der Waals surface area contributed by atoms with Crippen LogP contribution >= 0.6 is 0 Å². The fraction of sp³-hybridized carbons (Fsp3) is 0.481. The number of Topliss-reactive ketones (excluding diaryl/α,β-unsaturated/α-hetero) is 1. The fourth-order valence-corrected chi connectivity index (χ4v) is 7.34. The van der Waals surface area contributed by atoms with E-state index in [2.05, 4.69) is 0 Å². The van der Waals surface area contributed by atoms with Crippen molar-refractivity contribution in [2.24, 2.45) is 0 Å².